The van der Waals surface area contributed by atoms with Crippen molar-refractivity contribution in [1.29, 1.82) is 0 Å². The van der Waals surface area contributed by atoms with Crippen LogP contribution in [0.2, 0.25) is 10.0 Å². The molecule has 0 unspecified atom stereocenters. The van der Waals surface area contributed by atoms with E-state index in [4.69, 9.17) is 28.9 Å². The van der Waals surface area contributed by atoms with Gasteiger partial charge in [-0.1, -0.05) is 36.0 Å². The van der Waals surface area contributed by atoms with Gasteiger partial charge in [0.1, 0.15) is 0 Å². The molecule has 1 aromatic rings. The second kappa shape index (κ2) is 5.26. The van der Waals surface area contributed by atoms with Crippen molar-refractivity contribution in [3.63, 3.8) is 0 Å². The van der Waals surface area contributed by atoms with Crippen LogP contribution < -0.4 is 11.1 Å². The molecule has 1 aliphatic carbocycles. The predicted molar refractivity (Wildman–Crippen MR) is 69.9 cm³/mol. The number of nitrogens with two attached hydrogens (primary N) is 1. The van der Waals surface area contributed by atoms with Crippen molar-refractivity contribution in [2.24, 2.45) is 5.92 Å². The van der Waals surface area contributed by atoms with Crippen molar-refractivity contribution in [2.75, 3.05) is 12.3 Å². The molecule has 0 aromatic heterocycles. The average molecular weight is 259 g/mol. The lowest BCUT2D eigenvalue weighted by Crippen LogP contribution is -2.15. The first-order chi connectivity index (χ1) is 7.66. The Hall–Kier alpha value is -0.440. The van der Waals surface area contributed by atoms with E-state index in [1.807, 2.05) is 12.1 Å². The van der Waals surface area contributed by atoms with Crippen molar-refractivity contribution in [1.82, 2.24) is 5.32 Å². The van der Waals surface area contributed by atoms with Crippen molar-refractivity contribution in [3.8, 4) is 0 Å². The number of nitrogen functional groups attached to an aromatic ring is 1. The summed E-state index contributed by atoms with van der Waals surface area (Å²) in [5.74, 6) is 0.964. The van der Waals surface area contributed by atoms with Gasteiger partial charge in [-0.3, -0.25) is 0 Å². The highest BCUT2D eigenvalue weighted by Crippen LogP contribution is 2.32. The standard InChI is InChI=1S/C12H16Cl2N2/c13-10-5-9(6-11(14)12(10)15)7-16-4-3-8-1-2-8/h5-6,8,16H,1-4,7,15H2. The molecule has 0 saturated heterocycles. The quantitative estimate of drug-likeness (QED) is 0.627. The zero-order chi connectivity index (χ0) is 11.5. The van der Waals surface area contributed by atoms with Crippen molar-refractivity contribution in [2.45, 2.75) is 25.8 Å². The van der Waals surface area contributed by atoms with Gasteiger partial charge in [0.2, 0.25) is 0 Å². The van der Waals surface area contributed by atoms with Crippen LogP contribution in [-0.2, 0) is 6.54 Å². The Kier molecular flexibility index (Phi) is 3.95. The molecule has 3 N–H and O–H groups in total. The van der Waals surface area contributed by atoms with Gasteiger partial charge in [-0.25, -0.2) is 0 Å². The van der Waals surface area contributed by atoms with Gasteiger partial charge in [0.05, 0.1) is 15.7 Å². The van der Waals surface area contributed by atoms with Crippen LogP contribution >= 0.6 is 23.2 Å². The molecule has 2 nitrogen and oxygen atoms in total. The number of halogens is 2. The summed E-state index contributed by atoms with van der Waals surface area (Å²) in [6.45, 7) is 1.86. The van der Waals surface area contributed by atoms with Gasteiger partial charge in [0.25, 0.3) is 0 Å². The molecule has 88 valence electrons. The summed E-state index contributed by atoms with van der Waals surface area (Å²) in [6.07, 6.45) is 4.08. The fourth-order valence-electron chi connectivity index (χ4n) is 1.68. The van der Waals surface area contributed by atoms with Gasteiger partial charge >= 0.3 is 0 Å². The van der Waals surface area contributed by atoms with Crippen molar-refractivity contribution >= 4 is 28.9 Å². The minimum Gasteiger partial charge on any atom is -0.396 e. The summed E-state index contributed by atoms with van der Waals surface area (Å²) in [4.78, 5) is 0. The van der Waals surface area contributed by atoms with Crippen LogP contribution in [0.1, 0.15) is 24.8 Å². The maximum absolute atomic E-state index is 5.96. The van der Waals surface area contributed by atoms with Crippen LogP contribution in [0.3, 0.4) is 0 Å². The van der Waals surface area contributed by atoms with Gasteiger partial charge in [0, 0.05) is 6.54 Å². The molecule has 1 saturated carbocycles. The molecule has 1 fully saturated rings. The van der Waals surface area contributed by atoms with E-state index in [1.165, 1.54) is 19.3 Å². The van der Waals surface area contributed by atoms with E-state index in [0.717, 1.165) is 24.6 Å². The highest BCUT2D eigenvalue weighted by atomic mass is 35.5. The van der Waals surface area contributed by atoms with E-state index < -0.39 is 0 Å². The van der Waals surface area contributed by atoms with Crippen LogP contribution in [0.15, 0.2) is 12.1 Å². The zero-order valence-electron chi connectivity index (χ0n) is 9.10. The number of nitrogens with one attached hydrogen (secondary N) is 1. The number of benzene rings is 1. The summed E-state index contributed by atoms with van der Waals surface area (Å²) < 4.78 is 0. The molecule has 0 bridgehead atoms. The smallest absolute Gasteiger partial charge is 0.0693 e. The van der Waals surface area contributed by atoms with Gasteiger partial charge in [-0.2, -0.15) is 0 Å². The van der Waals surface area contributed by atoms with Gasteiger partial charge in [-0.05, 0) is 36.6 Å². The molecule has 0 amide bonds. The summed E-state index contributed by atoms with van der Waals surface area (Å²) in [7, 11) is 0. The molecular formula is C12H16Cl2N2. The first kappa shape index (κ1) is 12.0. The number of rotatable bonds is 5. The Labute approximate surface area is 106 Å². The fourth-order valence-corrected chi connectivity index (χ4v) is 2.22. The van der Waals surface area contributed by atoms with E-state index in [1.54, 1.807) is 0 Å². The van der Waals surface area contributed by atoms with E-state index in [9.17, 15) is 0 Å². The Morgan fingerprint density at radius 3 is 2.44 bits per heavy atom. The molecule has 0 atom stereocenters. The fraction of sp³-hybridized carbons (Fsp3) is 0.500. The van der Waals surface area contributed by atoms with Gasteiger partial charge in [0.15, 0.2) is 0 Å². The molecule has 4 heteroatoms. The van der Waals surface area contributed by atoms with Gasteiger partial charge in [-0.15, -0.1) is 0 Å². The number of anilines is 1. The lowest BCUT2D eigenvalue weighted by Gasteiger charge is -2.07. The van der Waals surface area contributed by atoms with Crippen LogP contribution in [0.5, 0.6) is 0 Å². The van der Waals surface area contributed by atoms with E-state index in [0.29, 0.717) is 15.7 Å². The average Bonchev–Trinajstić information content (AvgIpc) is 3.04. The molecule has 1 aliphatic rings. The molecular weight excluding hydrogens is 243 g/mol. The summed E-state index contributed by atoms with van der Waals surface area (Å²) in [5.41, 5.74) is 7.22. The lowest BCUT2D eigenvalue weighted by atomic mass is 10.2. The zero-order valence-corrected chi connectivity index (χ0v) is 10.6. The second-order valence-electron chi connectivity index (χ2n) is 4.38. The van der Waals surface area contributed by atoms with E-state index >= 15 is 0 Å². The molecule has 16 heavy (non-hydrogen) atoms. The Balaban J connectivity index is 1.83. The van der Waals surface area contributed by atoms with Crippen LogP contribution in [0, 0.1) is 5.92 Å². The molecule has 2 rings (SSSR count). The SMILES string of the molecule is Nc1c(Cl)cc(CNCCC2CC2)cc1Cl. The Morgan fingerprint density at radius 1 is 1.25 bits per heavy atom. The lowest BCUT2D eigenvalue weighted by molar-refractivity contribution is 0.613. The monoisotopic (exact) mass is 258 g/mol. The topological polar surface area (TPSA) is 38.0 Å². The van der Waals surface area contributed by atoms with Crippen LogP contribution in [0.25, 0.3) is 0 Å². The largest absolute Gasteiger partial charge is 0.396 e. The maximum Gasteiger partial charge on any atom is 0.0693 e. The highest BCUT2D eigenvalue weighted by Gasteiger charge is 2.19. The minimum atomic E-state index is 0.463. The Bertz CT molecular complexity index is 352. The molecule has 1 aromatic carbocycles. The normalized spacial score (nSPS) is 15.4. The summed E-state index contributed by atoms with van der Waals surface area (Å²) in [6, 6.07) is 3.74. The van der Waals surface area contributed by atoms with E-state index in [-0.39, 0.29) is 0 Å². The molecule has 0 radical (unpaired) electrons. The Morgan fingerprint density at radius 2 is 1.88 bits per heavy atom. The first-order valence-corrected chi connectivity index (χ1v) is 6.36. The van der Waals surface area contributed by atoms with Crippen LogP contribution in [-0.4, -0.2) is 6.54 Å². The minimum absolute atomic E-state index is 0.463. The number of hydrogen-bond donors (Lipinski definition) is 2. The third-order valence-corrected chi connectivity index (χ3v) is 3.52. The third kappa shape index (κ3) is 3.27. The predicted octanol–water partition coefficient (Wildman–Crippen LogP) is 3.47. The molecule has 0 spiro atoms. The highest BCUT2D eigenvalue weighted by molar-refractivity contribution is 6.38. The second-order valence-corrected chi connectivity index (χ2v) is 5.20. The summed E-state index contributed by atoms with van der Waals surface area (Å²) in [5, 5.41) is 4.46. The number of hydrogen-bond acceptors (Lipinski definition) is 2. The first-order valence-electron chi connectivity index (χ1n) is 5.61. The van der Waals surface area contributed by atoms with Gasteiger partial charge < -0.3 is 11.1 Å². The van der Waals surface area contributed by atoms with E-state index in [2.05, 4.69) is 5.32 Å². The van der Waals surface area contributed by atoms with Crippen molar-refractivity contribution < 1.29 is 0 Å². The maximum atomic E-state index is 5.96. The summed E-state index contributed by atoms with van der Waals surface area (Å²) >= 11 is 11.9. The van der Waals surface area contributed by atoms with Crippen LogP contribution in [0.4, 0.5) is 5.69 Å². The molecule has 0 aliphatic heterocycles. The molecule has 0 heterocycles. The van der Waals surface area contributed by atoms with Crippen molar-refractivity contribution in [3.05, 3.63) is 27.7 Å². The third-order valence-electron chi connectivity index (χ3n) is 2.89.